The molecule has 1 atom stereocenters. The number of amides is 2. The van der Waals surface area contributed by atoms with Crippen molar-refractivity contribution in [2.24, 2.45) is 7.05 Å². The topological polar surface area (TPSA) is 102 Å². The van der Waals surface area contributed by atoms with Crippen LogP contribution >= 0.6 is 11.8 Å². The molecule has 1 aromatic carbocycles. The van der Waals surface area contributed by atoms with Gasteiger partial charge < -0.3 is 14.6 Å². The van der Waals surface area contributed by atoms with E-state index in [1.165, 1.54) is 11.8 Å². The highest BCUT2D eigenvalue weighted by molar-refractivity contribution is 7.99. The number of carbonyl (C=O) groups is 1. The van der Waals surface area contributed by atoms with E-state index in [9.17, 15) is 4.79 Å². The number of nitrogens with one attached hydrogen (secondary N) is 1. The number of piperidine rings is 1. The second-order valence-corrected chi connectivity index (χ2v) is 7.53. The molecule has 142 valence electrons. The third kappa shape index (κ3) is 4.05. The molecule has 0 bridgehead atoms. The van der Waals surface area contributed by atoms with Crippen LogP contribution in [0.4, 0.5) is 4.79 Å². The number of rotatable bonds is 5. The number of carbonyl (C=O) groups excluding carboxylic acids is 1. The van der Waals surface area contributed by atoms with Gasteiger partial charge in [0.15, 0.2) is 11.5 Å². The molecule has 1 fully saturated rings. The minimum Gasteiger partial charge on any atom is -0.440 e. The maximum Gasteiger partial charge on any atom is 0.317 e. The second-order valence-electron chi connectivity index (χ2n) is 6.47. The Balaban J connectivity index is 1.29. The van der Waals surface area contributed by atoms with E-state index in [2.05, 4.69) is 25.8 Å². The molecule has 0 radical (unpaired) electrons. The van der Waals surface area contributed by atoms with Crippen LogP contribution < -0.4 is 5.32 Å². The molecule has 0 saturated carbocycles. The van der Waals surface area contributed by atoms with Crippen molar-refractivity contribution in [2.45, 2.75) is 23.9 Å². The van der Waals surface area contributed by atoms with E-state index in [4.69, 9.17) is 4.42 Å². The number of aromatic nitrogens is 5. The summed E-state index contributed by atoms with van der Waals surface area (Å²) in [6.07, 6.45) is 1.92. The fourth-order valence-electron chi connectivity index (χ4n) is 3.18. The van der Waals surface area contributed by atoms with E-state index in [0.717, 1.165) is 41.5 Å². The zero-order chi connectivity index (χ0) is 18.6. The maximum atomic E-state index is 12.5. The Kier molecular flexibility index (Phi) is 5.23. The summed E-state index contributed by atoms with van der Waals surface area (Å²) in [6, 6.07) is 7.70. The molecule has 0 unspecified atom stereocenters. The zero-order valence-electron chi connectivity index (χ0n) is 15.0. The van der Waals surface area contributed by atoms with E-state index in [1.807, 2.05) is 29.2 Å². The first kappa shape index (κ1) is 17.8. The van der Waals surface area contributed by atoms with Gasteiger partial charge in [0.2, 0.25) is 5.16 Å². The van der Waals surface area contributed by atoms with Crippen molar-refractivity contribution < 1.29 is 9.21 Å². The maximum absolute atomic E-state index is 12.5. The number of aryl methyl sites for hydroxylation is 1. The number of para-hydroxylation sites is 2. The third-order valence-corrected chi connectivity index (χ3v) is 5.57. The normalized spacial score (nSPS) is 17.4. The Hall–Kier alpha value is -2.62. The van der Waals surface area contributed by atoms with Crippen LogP contribution in [0.1, 0.15) is 24.7 Å². The van der Waals surface area contributed by atoms with E-state index < -0.39 is 0 Å². The van der Waals surface area contributed by atoms with Crippen LogP contribution in [0.15, 0.2) is 33.8 Å². The van der Waals surface area contributed by atoms with Gasteiger partial charge in [-0.05, 0) is 35.4 Å². The van der Waals surface area contributed by atoms with Crippen molar-refractivity contribution in [1.29, 1.82) is 0 Å². The number of thioether (sulfide) groups is 1. The zero-order valence-corrected chi connectivity index (χ0v) is 15.9. The van der Waals surface area contributed by atoms with Crippen LogP contribution in [-0.2, 0) is 7.05 Å². The predicted molar refractivity (Wildman–Crippen MR) is 100 cm³/mol. The molecule has 1 N–H and O–H groups in total. The van der Waals surface area contributed by atoms with Crippen molar-refractivity contribution in [2.75, 3.05) is 25.4 Å². The first-order valence-electron chi connectivity index (χ1n) is 8.94. The Bertz CT molecular complexity index is 892. The smallest absolute Gasteiger partial charge is 0.317 e. The van der Waals surface area contributed by atoms with Gasteiger partial charge in [0, 0.05) is 32.4 Å². The highest BCUT2D eigenvalue weighted by Crippen LogP contribution is 2.28. The minimum absolute atomic E-state index is 0.0486. The number of tetrazole rings is 1. The van der Waals surface area contributed by atoms with Crippen LogP contribution in [0.25, 0.3) is 11.1 Å². The van der Waals surface area contributed by atoms with Gasteiger partial charge in [-0.3, -0.25) is 0 Å². The number of benzene rings is 1. The Morgan fingerprint density at radius 3 is 3.11 bits per heavy atom. The van der Waals surface area contributed by atoms with E-state index in [1.54, 1.807) is 11.7 Å². The highest BCUT2D eigenvalue weighted by Gasteiger charge is 2.28. The van der Waals surface area contributed by atoms with E-state index >= 15 is 0 Å². The van der Waals surface area contributed by atoms with Gasteiger partial charge in [0.25, 0.3) is 0 Å². The monoisotopic (exact) mass is 387 g/mol. The molecule has 2 amide bonds. The van der Waals surface area contributed by atoms with Gasteiger partial charge in [0.1, 0.15) is 5.52 Å². The Morgan fingerprint density at radius 1 is 1.41 bits per heavy atom. The lowest BCUT2D eigenvalue weighted by molar-refractivity contribution is 0.175. The number of urea groups is 1. The number of oxazole rings is 1. The van der Waals surface area contributed by atoms with Crippen molar-refractivity contribution >= 4 is 28.9 Å². The van der Waals surface area contributed by atoms with Crippen LogP contribution in [0, 0.1) is 0 Å². The lowest BCUT2D eigenvalue weighted by atomic mass is 9.98. The fraction of sp³-hybridized carbons (Fsp3) is 0.471. The van der Waals surface area contributed by atoms with Crippen LogP contribution in [0.3, 0.4) is 0 Å². The Labute approximate surface area is 160 Å². The largest absolute Gasteiger partial charge is 0.440 e. The summed E-state index contributed by atoms with van der Waals surface area (Å²) in [7, 11) is 1.79. The average molecular weight is 387 g/mol. The molecule has 2 aromatic heterocycles. The SMILES string of the molecule is Cn1nnnc1SCCNC(=O)N1CCC[C@@H](c2nc3ccccc3o2)C1. The quantitative estimate of drug-likeness (QED) is 0.528. The van der Waals surface area contributed by atoms with Crippen molar-refractivity contribution in [3.8, 4) is 0 Å². The number of fused-ring (bicyclic) bond motifs is 1. The summed E-state index contributed by atoms with van der Waals surface area (Å²) in [5.41, 5.74) is 1.66. The van der Waals surface area contributed by atoms with Gasteiger partial charge in [0.05, 0.1) is 5.92 Å². The molecule has 4 rings (SSSR count). The molecular formula is C17H21N7O2S. The first-order valence-corrected chi connectivity index (χ1v) is 9.92. The van der Waals surface area contributed by atoms with Crippen molar-refractivity contribution in [1.82, 2.24) is 35.4 Å². The van der Waals surface area contributed by atoms with Gasteiger partial charge >= 0.3 is 6.03 Å². The molecule has 3 heterocycles. The summed E-state index contributed by atoms with van der Waals surface area (Å²) < 4.78 is 7.51. The van der Waals surface area contributed by atoms with Gasteiger partial charge in [-0.15, -0.1) is 5.10 Å². The molecule has 3 aromatic rings. The molecule has 0 aliphatic carbocycles. The molecular weight excluding hydrogens is 366 g/mol. The number of nitrogens with zero attached hydrogens (tertiary/aromatic N) is 6. The van der Waals surface area contributed by atoms with Gasteiger partial charge in [-0.2, -0.15) is 0 Å². The lowest BCUT2D eigenvalue weighted by Gasteiger charge is -2.31. The standard InChI is InChI=1S/C17H21N7O2S/c1-23-17(20-21-22-23)27-10-8-18-16(25)24-9-4-5-12(11-24)15-19-13-6-2-3-7-14(13)26-15/h2-3,6-7,12H,4-5,8-11H2,1H3,(H,18,25)/t12-/m1/s1. The van der Waals surface area contributed by atoms with Gasteiger partial charge in [-0.25, -0.2) is 14.5 Å². The van der Waals surface area contributed by atoms with E-state index in [-0.39, 0.29) is 11.9 Å². The summed E-state index contributed by atoms with van der Waals surface area (Å²) in [5, 5.41) is 15.0. The summed E-state index contributed by atoms with van der Waals surface area (Å²) in [6.45, 7) is 1.93. The number of hydrogen-bond acceptors (Lipinski definition) is 7. The van der Waals surface area contributed by atoms with Crippen molar-refractivity contribution in [3.63, 3.8) is 0 Å². The number of hydrogen-bond donors (Lipinski definition) is 1. The molecule has 27 heavy (non-hydrogen) atoms. The molecule has 0 spiro atoms. The van der Waals surface area contributed by atoms with E-state index in [0.29, 0.717) is 18.8 Å². The highest BCUT2D eigenvalue weighted by atomic mass is 32.2. The molecule has 10 heteroatoms. The molecule has 9 nitrogen and oxygen atoms in total. The fourth-order valence-corrected chi connectivity index (χ4v) is 3.89. The molecule has 1 saturated heterocycles. The van der Waals surface area contributed by atoms with Crippen LogP contribution in [0.5, 0.6) is 0 Å². The third-order valence-electron chi connectivity index (χ3n) is 4.56. The second kappa shape index (κ2) is 7.95. The van der Waals surface area contributed by atoms with Crippen LogP contribution in [0.2, 0.25) is 0 Å². The molecule has 1 aliphatic heterocycles. The lowest BCUT2D eigenvalue weighted by Crippen LogP contribution is -2.45. The predicted octanol–water partition coefficient (Wildman–Crippen LogP) is 2.03. The number of likely N-dealkylation sites (tertiary alicyclic amines) is 1. The van der Waals surface area contributed by atoms with Crippen molar-refractivity contribution in [3.05, 3.63) is 30.2 Å². The molecule has 1 aliphatic rings. The Morgan fingerprint density at radius 2 is 2.30 bits per heavy atom. The van der Waals surface area contributed by atoms with Gasteiger partial charge in [-0.1, -0.05) is 23.9 Å². The summed E-state index contributed by atoms with van der Waals surface area (Å²) in [5.74, 6) is 1.57. The first-order chi connectivity index (χ1) is 13.2. The minimum atomic E-state index is -0.0486. The average Bonchev–Trinajstić information content (AvgIpc) is 3.31. The summed E-state index contributed by atoms with van der Waals surface area (Å²) >= 11 is 1.51. The summed E-state index contributed by atoms with van der Waals surface area (Å²) in [4.78, 5) is 18.9. The van der Waals surface area contributed by atoms with Crippen LogP contribution in [-0.4, -0.2) is 61.5 Å².